The van der Waals surface area contributed by atoms with Gasteiger partial charge in [0.25, 0.3) is 0 Å². The Morgan fingerprint density at radius 3 is 2.82 bits per heavy atom. The number of nitrogens with zero attached hydrogens (tertiary/aromatic N) is 2. The lowest BCUT2D eigenvalue weighted by Gasteiger charge is -2.41. The molecule has 4 nitrogen and oxygen atoms in total. The Balaban J connectivity index is 1.53. The fraction of sp³-hybridized carbons (Fsp3) is 0.353. The summed E-state index contributed by atoms with van der Waals surface area (Å²) < 4.78 is 19.8. The van der Waals surface area contributed by atoms with E-state index in [0.29, 0.717) is 23.8 Å². The third-order valence-electron chi connectivity index (χ3n) is 3.90. The normalized spacial score (nSPS) is 14.8. The number of hydrogen-bond donors (Lipinski definition) is 1. The number of rotatable bonds is 5. The Kier molecular flexibility index (Phi) is 4.24. The summed E-state index contributed by atoms with van der Waals surface area (Å²) in [5.74, 6) is 0.808. The zero-order valence-electron chi connectivity index (χ0n) is 12.5. The number of ether oxygens (including phenoxy) is 1. The molecular weight excluding hydrogens is 283 g/mol. The van der Waals surface area contributed by atoms with Crippen molar-refractivity contribution in [3.8, 4) is 5.75 Å². The fourth-order valence-electron chi connectivity index (χ4n) is 2.56. The van der Waals surface area contributed by atoms with Crippen LogP contribution in [0.25, 0.3) is 0 Å². The highest BCUT2D eigenvalue weighted by atomic mass is 19.1. The SMILES string of the molecule is Cc1ccc(OCC2CN(c3cccc(CO)c3F)C2)cn1. The first-order valence-electron chi connectivity index (χ1n) is 7.36. The van der Waals surface area contributed by atoms with Gasteiger partial charge < -0.3 is 14.7 Å². The number of aryl methyl sites for hydroxylation is 1. The van der Waals surface area contributed by atoms with Crippen LogP contribution >= 0.6 is 0 Å². The van der Waals surface area contributed by atoms with Gasteiger partial charge in [-0.05, 0) is 25.1 Å². The molecule has 0 amide bonds. The van der Waals surface area contributed by atoms with Crippen molar-refractivity contribution in [3.05, 3.63) is 53.6 Å². The summed E-state index contributed by atoms with van der Waals surface area (Å²) in [4.78, 5) is 6.15. The molecule has 0 aliphatic carbocycles. The highest BCUT2D eigenvalue weighted by molar-refractivity contribution is 5.52. The van der Waals surface area contributed by atoms with Crippen LogP contribution in [0.4, 0.5) is 10.1 Å². The van der Waals surface area contributed by atoms with Gasteiger partial charge in [-0.2, -0.15) is 0 Å². The van der Waals surface area contributed by atoms with Crippen LogP contribution in [0.15, 0.2) is 36.5 Å². The van der Waals surface area contributed by atoms with Gasteiger partial charge in [0.2, 0.25) is 0 Å². The van der Waals surface area contributed by atoms with E-state index in [1.54, 1.807) is 24.4 Å². The topological polar surface area (TPSA) is 45.6 Å². The molecule has 1 aliphatic rings. The van der Waals surface area contributed by atoms with Crippen molar-refractivity contribution in [1.82, 2.24) is 4.98 Å². The molecule has 1 aromatic heterocycles. The smallest absolute Gasteiger partial charge is 0.151 e. The van der Waals surface area contributed by atoms with E-state index in [1.165, 1.54) is 0 Å². The van der Waals surface area contributed by atoms with Gasteiger partial charge in [-0.15, -0.1) is 0 Å². The third kappa shape index (κ3) is 3.04. The molecule has 22 heavy (non-hydrogen) atoms. The first-order valence-corrected chi connectivity index (χ1v) is 7.36. The summed E-state index contributed by atoms with van der Waals surface area (Å²) in [5.41, 5.74) is 1.85. The highest BCUT2D eigenvalue weighted by Gasteiger charge is 2.29. The standard InChI is InChI=1S/C17H19FN2O2/c1-12-5-6-15(7-19-12)22-11-13-8-20(9-13)16-4-2-3-14(10-21)17(16)18/h2-7,13,21H,8-11H2,1H3. The second-order valence-electron chi connectivity index (χ2n) is 5.63. The van der Waals surface area contributed by atoms with Gasteiger partial charge in [0.15, 0.2) is 5.82 Å². The highest BCUT2D eigenvalue weighted by Crippen LogP contribution is 2.29. The van der Waals surface area contributed by atoms with Crippen molar-refractivity contribution in [2.24, 2.45) is 5.92 Å². The maximum atomic E-state index is 14.1. The van der Waals surface area contributed by atoms with Gasteiger partial charge in [-0.1, -0.05) is 12.1 Å². The molecular formula is C17H19FN2O2. The molecule has 1 aromatic carbocycles. The summed E-state index contributed by atoms with van der Waals surface area (Å²) in [7, 11) is 0. The predicted octanol–water partition coefficient (Wildman–Crippen LogP) is 2.54. The number of pyridine rings is 1. The number of anilines is 1. The quantitative estimate of drug-likeness (QED) is 0.922. The van der Waals surface area contributed by atoms with E-state index in [1.807, 2.05) is 24.0 Å². The van der Waals surface area contributed by atoms with Crippen LogP contribution in [0.1, 0.15) is 11.3 Å². The summed E-state index contributed by atoms with van der Waals surface area (Å²) in [6, 6.07) is 8.94. The maximum Gasteiger partial charge on any atom is 0.151 e. The van der Waals surface area contributed by atoms with Crippen molar-refractivity contribution in [2.75, 3.05) is 24.6 Å². The van der Waals surface area contributed by atoms with E-state index in [4.69, 9.17) is 9.84 Å². The monoisotopic (exact) mass is 302 g/mol. The molecule has 3 rings (SSSR count). The van der Waals surface area contributed by atoms with Gasteiger partial charge in [0, 0.05) is 30.3 Å². The molecule has 0 saturated carbocycles. The molecule has 0 unspecified atom stereocenters. The molecule has 0 bridgehead atoms. The van der Waals surface area contributed by atoms with E-state index in [9.17, 15) is 4.39 Å². The fourth-order valence-corrected chi connectivity index (χ4v) is 2.56. The number of benzene rings is 1. The molecule has 2 heterocycles. The first kappa shape index (κ1) is 14.8. The average Bonchev–Trinajstić information content (AvgIpc) is 2.49. The lowest BCUT2D eigenvalue weighted by molar-refractivity contribution is 0.219. The van der Waals surface area contributed by atoms with Crippen LogP contribution in [0, 0.1) is 18.7 Å². The van der Waals surface area contributed by atoms with Gasteiger partial charge in [-0.25, -0.2) is 4.39 Å². The Labute approximate surface area is 129 Å². The van der Waals surface area contributed by atoms with E-state index >= 15 is 0 Å². The Morgan fingerprint density at radius 1 is 1.32 bits per heavy atom. The van der Waals surface area contributed by atoms with Crippen molar-refractivity contribution in [1.29, 1.82) is 0 Å². The van der Waals surface area contributed by atoms with Gasteiger partial charge in [0.1, 0.15) is 5.75 Å². The molecule has 0 atom stereocenters. The molecule has 1 fully saturated rings. The number of aliphatic hydroxyl groups is 1. The molecule has 1 aliphatic heterocycles. The average molecular weight is 302 g/mol. The number of aromatic nitrogens is 1. The predicted molar refractivity (Wildman–Crippen MR) is 82.5 cm³/mol. The van der Waals surface area contributed by atoms with Crippen LogP contribution in [0.5, 0.6) is 5.75 Å². The molecule has 5 heteroatoms. The lowest BCUT2D eigenvalue weighted by atomic mass is 9.99. The van der Waals surface area contributed by atoms with Crippen LogP contribution in [-0.2, 0) is 6.61 Å². The van der Waals surface area contributed by atoms with Crippen LogP contribution in [0.2, 0.25) is 0 Å². The van der Waals surface area contributed by atoms with E-state index in [2.05, 4.69) is 4.98 Å². The summed E-state index contributed by atoms with van der Waals surface area (Å²) >= 11 is 0. The van der Waals surface area contributed by atoms with E-state index in [0.717, 1.165) is 24.5 Å². The number of halogens is 1. The second kappa shape index (κ2) is 6.32. The lowest BCUT2D eigenvalue weighted by Crippen LogP contribution is -2.49. The van der Waals surface area contributed by atoms with Gasteiger partial charge in [-0.3, -0.25) is 4.98 Å². The Morgan fingerprint density at radius 2 is 2.14 bits per heavy atom. The van der Waals surface area contributed by atoms with Gasteiger partial charge >= 0.3 is 0 Å². The third-order valence-corrected chi connectivity index (χ3v) is 3.90. The molecule has 0 radical (unpaired) electrons. The Hall–Kier alpha value is -2.14. The largest absolute Gasteiger partial charge is 0.492 e. The van der Waals surface area contributed by atoms with Crippen molar-refractivity contribution in [3.63, 3.8) is 0 Å². The second-order valence-corrected chi connectivity index (χ2v) is 5.63. The molecule has 2 aromatic rings. The maximum absolute atomic E-state index is 14.1. The van der Waals surface area contributed by atoms with Gasteiger partial charge in [0.05, 0.1) is 25.1 Å². The minimum Gasteiger partial charge on any atom is -0.492 e. The number of aliphatic hydroxyl groups excluding tert-OH is 1. The zero-order valence-corrected chi connectivity index (χ0v) is 12.5. The van der Waals surface area contributed by atoms with Crippen LogP contribution < -0.4 is 9.64 Å². The molecule has 116 valence electrons. The summed E-state index contributed by atoms with van der Waals surface area (Å²) in [6.45, 7) is 3.77. The van der Waals surface area contributed by atoms with Crippen LogP contribution in [-0.4, -0.2) is 29.8 Å². The molecule has 1 N–H and O–H groups in total. The van der Waals surface area contributed by atoms with E-state index < -0.39 is 0 Å². The van der Waals surface area contributed by atoms with Crippen molar-refractivity contribution >= 4 is 5.69 Å². The summed E-state index contributed by atoms with van der Waals surface area (Å²) in [5, 5.41) is 9.11. The minimum atomic E-state index is -0.327. The zero-order chi connectivity index (χ0) is 15.5. The van der Waals surface area contributed by atoms with Crippen LogP contribution in [0.3, 0.4) is 0 Å². The van der Waals surface area contributed by atoms with E-state index in [-0.39, 0.29) is 12.4 Å². The number of hydrogen-bond acceptors (Lipinski definition) is 4. The van der Waals surface area contributed by atoms with Crippen molar-refractivity contribution in [2.45, 2.75) is 13.5 Å². The summed E-state index contributed by atoms with van der Waals surface area (Å²) in [6.07, 6.45) is 1.72. The Bertz CT molecular complexity index is 640. The first-order chi connectivity index (χ1) is 10.7. The van der Waals surface area contributed by atoms with Crippen molar-refractivity contribution < 1.29 is 14.2 Å². The molecule has 1 saturated heterocycles. The molecule has 0 spiro atoms. The minimum absolute atomic E-state index is 0.277.